The number of rotatable bonds is 1. The molecule has 0 aromatic rings. The minimum absolute atomic E-state index is 0.0601. The second-order valence-corrected chi connectivity index (χ2v) is 5.53. The number of amides is 1. The van der Waals surface area contributed by atoms with Crippen molar-refractivity contribution in [2.75, 3.05) is 13.7 Å². The van der Waals surface area contributed by atoms with Crippen molar-refractivity contribution in [3.05, 3.63) is 0 Å². The average Bonchev–Trinajstić information content (AvgIpc) is 2.65. The minimum atomic E-state index is -1.53. The number of likely N-dealkylation sites (tertiary alicyclic amines) is 1. The minimum Gasteiger partial charge on any atom is -0.467 e. The Morgan fingerprint density at radius 3 is 2.47 bits per heavy atom. The first-order valence-corrected chi connectivity index (χ1v) is 5.89. The standard InChI is InChI=1S/C13H19NO5/c1-6-13(17)7-9(10(15)18-5)14(8-13)11(16)19-12(2,3)4/h1,9,17H,7-8H2,2-5H3/t9-,13-/m1/s1. The van der Waals surface area contributed by atoms with Crippen LogP contribution in [0.3, 0.4) is 0 Å². The zero-order valence-corrected chi connectivity index (χ0v) is 11.6. The summed E-state index contributed by atoms with van der Waals surface area (Å²) in [5.74, 6) is 1.57. The van der Waals surface area contributed by atoms with E-state index in [4.69, 9.17) is 11.2 Å². The van der Waals surface area contributed by atoms with Gasteiger partial charge in [0.15, 0.2) is 0 Å². The zero-order chi connectivity index (χ0) is 14.8. The molecule has 0 aliphatic carbocycles. The summed E-state index contributed by atoms with van der Waals surface area (Å²) < 4.78 is 9.80. The van der Waals surface area contributed by atoms with Gasteiger partial charge in [-0.05, 0) is 20.8 Å². The predicted molar refractivity (Wildman–Crippen MR) is 67.1 cm³/mol. The quantitative estimate of drug-likeness (QED) is 0.555. The first kappa shape index (κ1) is 15.3. The van der Waals surface area contributed by atoms with Gasteiger partial charge in [-0.15, -0.1) is 6.42 Å². The number of esters is 1. The highest BCUT2D eigenvalue weighted by atomic mass is 16.6. The maximum absolute atomic E-state index is 12.0. The number of β-amino-alcohol motifs (C(OH)–C–C–N with tert-alkyl or cyclic N) is 1. The van der Waals surface area contributed by atoms with Crippen molar-refractivity contribution in [1.29, 1.82) is 0 Å². The molecule has 0 unspecified atom stereocenters. The number of ether oxygens (including phenoxy) is 2. The van der Waals surface area contributed by atoms with E-state index in [-0.39, 0.29) is 13.0 Å². The number of carbonyl (C=O) groups is 2. The zero-order valence-electron chi connectivity index (χ0n) is 11.6. The van der Waals surface area contributed by atoms with Crippen LogP contribution in [0.5, 0.6) is 0 Å². The van der Waals surface area contributed by atoms with E-state index in [0.29, 0.717) is 0 Å². The van der Waals surface area contributed by atoms with Crippen LogP contribution in [-0.2, 0) is 14.3 Å². The Balaban J connectivity index is 2.93. The molecule has 6 heteroatoms. The lowest BCUT2D eigenvalue weighted by atomic mass is 10.0. The Hall–Kier alpha value is -1.74. The summed E-state index contributed by atoms with van der Waals surface area (Å²) in [5, 5.41) is 10.0. The second-order valence-electron chi connectivity index (χ2n) is 5.53. The fourth-order valence-corrected chi connectivity index (χ4v) is 1.85. The van der Waals surface area contributed by atoms with Gasteiger partial charge in [0.05, 0.1) is 13.7 Å². The molecule has 1 aliphatic heterocycles. The van der Waals surface area contributed by atoms with Crippen molar-refractivity contribution >= 4 is 12.1 Å². The molecule has 106 valence electrons. The van der Waals surface area contributed by atoms with Crippen LogP contribution >= 0.6 is 0 Å². The predicted octanol–water partition coefficient (Wildman–Crippen LogP) is 0.533. The van der Waals surface area contributed by atoms with E-state index in [2.05, 4.69) is 10.7 Å². The van der Waals surface area contributed by atoms with Gasteiger partial charge in [0.2, 0.25) is 0 Å². The molecule has 0 radical (unpaired) electrons. The summed E-state index contributed by atoms with van der Waals surface area (Å²) >= 11 is 0. The molecule has 1 amide bonds. The molecular formula is C13H19NO5. The molecule has 1 rings (SSSR count). The normalized spacial score (nSPS) is 26.7. The Bertz CT molecular complexity index is 420. The largest absolute Gasteiger partial charge is 0.467 e. The van der Waals surface area contributed by atoms with Gasteiger partial charge in [-0.25, -0.2) is 9.59 Å². The Morgan fingerprint density at radius 1 is 1.47 bits per heavy atom. The lowest BCUT2D eigenvalue weighted by Crippen LogP contribution is -2.44. The van der Waals surface area contributed by atoms with Crippen LogP contribution < -0.4 is 0 Å². The number of hydrogen-bond acceptors (Lipinski definition) is 5. The molecule has 0 spiro atoms. The molecule has 0 aromatic heterocycles. The van der Waals surface area contributed by atoms with E-state index in [1.807, 2.05) is 0 Å². The summed E-state index contributed by atoms with van der Waals surface area (Å²) in [6.45, 7) is 4.97. The summed E-state index contributed by atoms with van der Waals surface area (Å²) in [6, 6.07) is -0.930. The maximum atomic E-state index is 12.0. The van der Waals surface area contributed by atoms with E-state index in [1.165, 1.54) is 7.11 Å². The lowest BCUT2D eigenvalue weighted by molar-refractivity contribution is -0.145. The summed E-state index contributed by atoms with van der Waals surface area (Å²) in [4.78, 5) is 24.8. The molecule has 1 saturated heterocycles. The van der Waals surface area contributed by atoms with Gasteiger partial charge in [0.25, 0.3) is 0 Å². The average molecular weight is 269 g/mol. The fourth-order valence-electron chi connectivity index (χ4n) is 1.85. The SMILES string of the molecule is C#C[C@@]1(O)C[C@H](C(=O)OC)N(C(=O)OC(C)(C)C)C1. The van der Waals surface area contributed by atoms with Gasteiger partial charge < -0.3 is 14.6 Å². The molecule has 0 aromatic carbocycles. The molecule has 0 saturated carbocycles. The number of terminal acetylenes is 1. The highest BCUT2D eigenvalue weighted by Crippen LogP contribution is 2.29. The molecule has 0 bridgehead atoms. The molecule has 6 nitrogen and oxygen atoms in total. The molecule has 2 atom stereocenters. The van der Waals surface area contributed by atoms with Gasteiger partial charge in [-0.1, -0.05) is 5.92 Å². The van der Waals surface area contributed by atoms with Crippen LogP contribution in [0.4, 0.5) is 4.79 Å². The molecule has 1 aliphatic rings. The van der Waals surface area contributed by atoms with Gasteiger partial charge >= 0.3 is 12.1 Å². The number of aliphatic hydroxyl groups is 1. The summed E-state index contributed by atoms with van der Waals surface area (Å²) in [6.07, 6.45) is 4.47. The van der Waals surface area contributed by atoms with Crippen LogP contribution in [0.25, 0.3) is 0 Å². The smallest absolute Gasteiger partial charge is 0.411 e. The summed E-state index contributed by atoms with van der Waals surface area (Å²) in [7, 11) is 1.21. The molecule has 1 heterocycles. The lowest BCUT2D eigenvalue weighted by Gasteiger charge is -2.27. The molecule has 1 fully saturated rings. The third-order valence-corrected chi connectivity index (χ3v) is 2.71. The van der Waals surface area contributed by atoms with Crippen molar-refractivity contribution in [3.63, 3.8) is 0 Å². The number of carbonyl (C=O) groups excluding carboxylic acids is 2. The highest BCUT2D eigenvalue weighted by Gasteiger charge is 2.48. The fraction of sp³-hybridized carbons (Fsp3) is 0.692. The van der Waals surface area contributed by atoms with Gasteiger partial charge in [-0.3, -0.25) is 4.90 Å². The van der Waals surface area contributed by atoms with Crippen LogP contribution in [0.15, 0.2) is 0 Å². The van der Waals surface area contributed by atoms with Crippen molar-refractivity contribution in [2.24, 2.45) is 0 Å². The van der Waals surface area contributed by atoms with Crippen molar-refractivity contribution in [2.45, 2.75) is 44.4 Å². The van der Waals surface area contributed by atoms with E-state index >= 15 is 0 Å². The first-order valence-electron chi connectivity index (χ1n) is 5.89. The molecular weight excluding hydrogens is 250 g/mol. The van der Waals surface area contributed by atoms with Gasteiger partial charge in [0.1, 0.15) is 17.2 Å². The highest BCUT2D eigenvalue weighted by molar-refractivity contribution is 5.82. The van der Waals surface area contributed by atoms with E-state index in [0.717, 1.165) is 4.90 Å². The first-order chi connectivity index (χ1) is 8.62. The van der Waals surface area contributed by atoms with Crippen molar-refractivity contribution in [1.82, 2.24) is 4.90 Å². The third kappa shape index (κ3) is 3.61. The summed E-state index contributed by atoms with van der Waals surface area (Å²) in [5.41, 5.74) is -2.23. The molecule has 1 N–H and O–H groups in total. The number of nitrogens with zero attached hydrogens (tertiary/aromatic N) is 1. The monoisotopic (exact) mass is 269 g/mol. The van der Waals surface area contributed by atoms with Crippen LogP contribution in [0.2, 0.25) is 0 Å². The van der Waals surface area contributed by atoms with Crippen LogP contribution in [0.1, 0.15) is 27.2 Å². The van der Waals surface area contributed by atoms with Gasteiger partial charge in [0, 0.05) is 6.42 Å². The number of hydrogen-bond donors (Lipinski definition) is 1. The third-order valence-electron chi connectivity index (χ3n) is 2.71. The number of methoxy groups -OCH3 is 1. The van der Waals surface area contributed by atoms with Crippen molar-refractivity contribution in [3.8, 4) is 12.3 Å². The van der Waals surface area contributed by atoms with E-state index in [1.54, 1.807) is 20.8 Å². The van der Waals surface area contributed by atoms with Crippen LogP contribution in [0, 0.1) is 12.3 Å². The Morgan fingerprint density at radius 2 is 2.05 bits per heavy atom. The van der Waals surface area contributed by atoms with E-state index < -0.39 is 29.3 Å². The van der Waals surface area contributed by atoms with Crippen LogP contribution in [-0.4, -0.2) is 53.0 Å². The Kier molecular flexibility index (Phi) is 4.11. The Labute approximate surface area is 112 Å². The topological polar surface area (TPSA) is 76.1 Å². The second kappa shape index (κ2) is 5.10. The maximum Gasteiger partial charge on any atom is 0.411 e. The van der Waals surface area contributed by atoms with Gasteiger partial charge in [-0.2, -0.15) is 0 Å². The van der Waals surface area contributed by atoms with E-state index in [9.17, 15) is 14.7 Å². The molecule has 19 heavy (non-hydrogen) atoms. The van der Waals surface area contributed by atoms with Crippen molar-refractivity contribution < 1.29 is 24.2 Å².